The lowest BCUT2D eigenvalue weighted by atomic mass is 10.1. The minimum Gasteiger partial charge on any atom is -0.483 e. The Morgan fingerprint density at radius 1 is 0.867 bits per heavy atom. The molecular formula is C25H26N2O3. The molecule has 0 bridgehead atoms. The summed E-state index contributed by atoms with van der Waals surface area (Å²) in [5.74, 6) is 0.394. The fraction of sp³-hybridized carbons (Fsp3) is 0.200. The molecule has 30 heavy (non-hydrogen) atoms. The molecule has 5 nitrogen and oxygen atoms in total. The van der Waals surface area contributed by atoms with Gasteiger partial charge in [-0.2, -0.15) is 0 Å². The molecule has 0 heterocycles. The van der Waals surface area contributed by atoms with Crippen molar-refractivity contribution in [2.75, 3.05) is 23.4 Å². The number of para-hydroxylation sites is 2. The summed E-state index contributed by atoms with van der Waals surface area (Å²) in [5.41, 5.74) is 4.01. The highest BCUT2D eigenvalue weighted by molar-refractivity contribution is 6.06. The van der Waals surface area contributed by atoms with E-state index in [1.807, 2.05) is 69.3 Å². The summed E-state index contributed by atoms with van der Waals surface area (Å²) >= 11 is 0. The van der Waals surface area contributed by atoms with Gasteiger partial charge in [0.1, 0.15) is 5.75 Å². The standard InChI is InChI=1S/C25H26N2O3/c1-4-27(22-11-6-5-7-12-22)25(29)20-13-15-21(16-14-20)26-23(28)17-30-24-18(2)9-8-10-19(24)3/h5-16H,4,17H2,1-3H3,(H,26,28). The number of carbonyl (C=O) groups is 2. The van der Waals surface area contributed by atoms with Crippen LogP contribution in [-0.4, -0.2) is 25.0 Å². The van der Waals surface area contributed by atoms with Crippen molar-refractivity contribution >= 4 is 23.2 Å². The van der Waals surface area contributed by atoms with Crippen LogP contribution in [0.15, 0.2) is 72.8 Å². The number of amides is 2. The van der Waals surface area contributed by atoms with E-state index < -0.39 is 0 Å². The Bertz CT molecular complexity index is 994. The van der Waals surface area contributed by atoms with Crippen LogP contribution in [0.3, 0.4) is 0 Å². The molecule has 0 aliphatic rings. The predicted octanol–water partition coefficient (Wildman–Crippen LogP) is 4.99. The summed E-state index contributed by atoms with van der Waals surface area (Å²) in [6.07, 6.45) is 0. The van der Waals surface area contributed by atoms with Gasteiger partial charge in [-0.25, -0.2) is 0 Å². The molecule has 0 radical (unpaired) electrons. The van der Waals surface area contributed by atoms with Crippen LogP contribution in [0.1, 0.15) is 28.4 Å². The fourth-order valence-electron chi connectivity index (χ4n) is 3.26. The van der Waals surface area contributed by atoms with Crippen molar-refractivity contribution in [3.63, 3.8) is 0 Å². The first kappa shape index (κ1) is 21.1. The number of nitrogens with zero attached hydrogens (tertiary/aromatic N) is 1. The highest BCUT2D eigenvalue weighted by Crippen LogP contribution is 2.22. The first-order chi connectivity index (χ1) is 14.5. The van der Waals surface area contributed by atoms with E-state index in [1.165, 1.54) is 0 Å². The smallest absolute Gasteiger partial charge is 0.262 e. The topological polar surface area (TPSA) is 58.6 Å². The summed E-state index contributed by atoms with van der Waals surface area (Å²) in [7, 11) is 0. The Balaban J connectivity index is 1.61. The van der Waals surface area contributed by atoms with Crippen molar-refractivity contribution in [3.05, 3.63) is 89.5 Å². The molecular weight excluding hydrogens is 376 g/mol. The van der Waals surface area contributed by atoms with E-state index in [2.05, 4.69) is 5.32 Å². The lowest BCUT2D eigenvalue weighted by molar-refractivity contribution is -0.118. The maximum atomic E-state index is 12.9. The molecule has 0 spiro atoms. The van der Waals surface area contributed by atoms with E-state index in [1.54, 1.807) is 29.2 Å². The van der Waals surface area contributed by atoms with Crippen molar-refractivity contribution in [2.24, 2.45) is 0 Å². The minimum atomic E-state index is -0.254. The first-order valence-electron chi connectivity index (χ1n) is 9.95. The Labute approximate surface area is 177 Å². The van der Waals surface area contributed by atoms with Crippen molar-refractivity contribution in [1.29, 1.82) is 0 Å². The summed E-state index contributed by atoms with van der Waals surface area (Å²) in [6.45, 7) is 6.33. The van der Waals surface area contributed by atoms with E-state index in [0.29, 0.717) is 17.8 Å². The van der Waals surface area contributed by atoms with Crippen LogP contribution in [0.4, 0.5) is 11.4 Å². The number of benzene rings is 3. The number of nitrogens with one attached hydrogen (secondary N) is 1. The second kappa shape index (κ2) is 9.74. The van der Waals surface area contributed by atoms with E-state index in [-0.39, 0.29) is 18.4 Å². The molecule has 2 amide bonds. The molecule has 1 N–H and O–H groups in total. The monoisotopic (exact) mass is 402 g/mol. The number of hydrogen-bond acceptors (Lipinski definition) is 3. The van der Waals surface area contributed by atoms with Gasteiger partial charge in [-0.05, 0) is 68.3 Å². The summed E-state index contributed by atoms with van der Waals surface area (Å²) in [5, 5.41) is 2.80. The zero-order chi connectivity index (χ0) is 21.5. The lowest BCUT2D eigenvalue weighted by Crippen LogP contribution is -2.30. The third-order valence-electron chi connectivity index (χ3n) is 4.80. The van der Waals surface area contributed by atoms with Gasteiger partial charge in [0.05, 0.1) is 0 Å². The quantitative estimate of drug-likeness (QED) is 0.606. The highest BCUT2D eigenvalue weighted by atomic mass is 16.5. The average molecular weight is 402 g/mol. The van der Waals surface area contributed by atoms with Gasteiger partial charge in [0.15, 0.2) is 6.61 Å². The molecule has 0 fully saturated rings. The summed E-state index contributed by atoms with van der Waals surface area (Å²) in [4.78, 5) is 26.8. The van der Waals surface area contributed by atoms with Gasteiger partial charge < -0.3 is 15.0 Å². The molecule has 0 saturated carbocycles. The number of carbonyl (C=O) groups excluding carboxylic acids is 2. The van der Waals surface area contributed by atoms with Crippen LogP contribution < -0.4 is 15.0 Å². The predicted molar refractivity (Wildman–Crippen MR) is 120 cm³/mol. The van der Waals surface area contributed by atoms with Crippen LogP contribution in [0.2, 0.25) is 0 Å². The van der Waals surface area contributed by atoms with Crippen LogP contribution in [0, 0.1) is 13.8 Å². The number of anilines is 2. The Hall–Kier alpha value is -3.60. The van der Waals surface area contributed by atoms with Crippen LogP contribution in [-0.2, 0) is 4.79 Å². The van der Waals surface area contributed by atoms with Crippen molar-refractivity contribution in [1.82, 2.24) is 0 Å². The van der Waals surface area contributed by atoms with Gasteiger partial charge in [0, 0.05) is 23.5 Å². The number of aryl methyl sites for hydroxylation is 2. The second-order valence-electron chi connectivity index (χ2n) is 7.02. The molecule has 5 heteroatoms. The Morgan fingerprint density at radius 2 is 1.50 bits per heavy atom. The van der Waals surface area contributed by atoms with E-state index in [9.17, 15) is 9.59 Å². The molecule has 0 saturated heterocycles. The minimum absolute atomic E-state index is 0.0794. The number of rotatable bonds is 7. The maximum Gasteiger partial charge on any atom is 0.262 e. The Kier molecular flexibility index (Phi) is 6.86. The van der Waals surface area contributed by atoms with Gasteiger partial charge >= 0.3 is 0 Å². The molecule has 154 valence electrons. The molecule has 0 aliphatic carbocycles. The molecule has 3 aromatic carbocycles. The molecule has 3 rings (SSSR count). The fourth-order valence-corrected chi connectivity index (χ4v) is 3.26. The van der Waals surface area contributed by atoms with Gasteiger partial charge in [-0.1, -0.05) is 36.4 Å². The number of ether oxygens (including phenoxy) is 1. The van der Waals surface area contributed by atoms with Gasteiger partial charge in [-0.15, -0.1) is 0 Å². The van der Waals surface area contributed by atoms with E-state index in [4.69, 9.17) is 4.74 Å². The summed E-state index contributed by atoms with van der Waals surface area (Å²) < 4.78 is 5.69. The van der Waals surface area contributed by atoms with Crippen molar-refractivity contribution < 1.29 is 14.3 Å². The van der Waals surface area contributed by atoms with Gasteiger partial charge in [-0.3, -0.25) is 9.59 Å². The maximum absolute atomic E-state index is 12.9. The first-order valence-corrected chi connectivity index (χ1v) is 9.95. The molecule has 0 atom stereocenters. The highest BCUT2D eigenvalue weighted by Gasteiger charge is 2.16. The zero-order valence-electron chi connectivity index (χ0n) is 17.5. The van der Waals surface area contributed by atoms with Gasteiger partial charge in [0.2, 0.25) is 0 Å². The van der Waals surface area contributed by atoms with Crippen molar-refractivity contribution in [3.8, 4) is 5.75 Å². The van der Waals surface area contributed by atoms with Crippen LogP contribution in [0.5, 0.6) is 5.75 Å². The van der Waals surface area contributed by atoms with Gasteiger partial charge in [0.25, 0.3) is 11.8 Å². The largest absolute Gasteiger partial charge is 0.483 e. The normalized spacial score (nSPS) is 10.4. The van der Waals surface area contributed by atoms with Crippen molar-refractivity contribution in [2.45, 2.75) is 20.8 Å². The third kappa shape index (κ3) is 5.06. The molecule has 0 aliphatic heterocycles. The lowest BCUT2D eigenvalue weighted by Gasteiger charge is -2.21. The molecule has 3 aromatic rings. The van der Waals surface area contributed by atoms with Crippen LogP contribution >= 0.6 is 0 Å². The molecule has 0 unspecified atom stereocenters. The average Bonchev–Trinajstić information content (AvgIpc) is 2.75. The SMILES string of the molecule is CCN(C(=O)c1ccc(NC(=O)COc2c(C)cccc2C)cc1)c1ccccc1. The molecule has 0 aromatic heterocycles. The number of hydrogen-bond donors (Lipinski definition) is 1. The zero-order valence-corrected chi connectivity index (χ0v) is 17.5. The Morgan fingerprint density at radius 3 is 2.10 bits per heavy atom. The van der Waals surface area contributed by atoms with Crippen LogP contribution in [0.25, 0.3) is 0 Å². The second-order valence-corrected chi connectivity index (χ2v) is 7.02. The van der Waals surface area contributed by atoms with E-state index >= 15 is 0 Å². The third-order valence-corrected chi connectivity index (χ3v) is 4.80. The summed E-state index contributed by atoms with van der Waals surface area (Å²) in [6, 6.07) is 22.3. The van der Waals surface area contributed by atoms with E-state index in [0.717, 1.165) is 22.6 Å².